The Hall–Kier alpha value is -3.40. The molecule has 2 amide bonds. The van der Waals surface area contributed by atoms with Crippen LogP contribution < -0.4 is 5.32 Å². The standard InChI is InChI=1S/C32H40N2O2/c1-4-6-22-33-32(36)30(23-28-10-8-7-9-11-28)34(24-29-14-12-25(3)13-15-29)31(35)21-20-27-18-16-26(5-2)17-19-27/h7-19,30H,4-6,20-24H2,1-3H3,(H,33,36). The lowest BCUT2D eigenvalue weighted by atomic mass is 10.0. The van der Waals surface area contributed by atoms with E-state index in [4.69, 9.17) is 0 Å². The van der Waals surface area contributed by atoms with E-state index in [1.54, 1.807) is 4.90 Å². The highest BCUT2D eigenvalue weighted by atomic mass is 16.2. The summed E-state index contributed by atoms with van der Waals surface area (Å²) in [6.07, 6.45) is 4.43. The Morgan fingerprint density at radius 3 is 2.08 bits per heavy atom. The Bertz CT molecular complexity index is 1080. The van der Waals surface area contributed by atoms with Gasteiger partial charge in [-0.1, -0.05) is 105 Å². The molecule has 0 radical (unpaired) electrons. The number of nitrogens with one attached hydrogen (secondary N) is 1. The van der Waals surface area contributed by atoms with Crippen molar-refractivity contribution in [1.82, 2.24) is 10.2 Å². The molecule has 4 heteroatoms. The van der Waals surface area contributed by atoms with E-state index in [1.807, 2.05) is 42.5 Å². The SMILES string of the molecule is CCCCNC(=O)C(Cc1ccccc1)N(Cc1ccc(C)cc1)C(=O)CCc1ccc(CC)cc1. The topological polar surface area (TPSA) is 49.4 Å². The van der Waals surface area contributed by atoms with Gasteiger partial charge in [0.25, 0.3) is 0 Å². The van der Waals surface area contributed by atoms with Crippen LogP contribution in [-0.4, -0.2) is 29.3 Å². The minimum atomic E-state index is -0.569. The monoisotopic (exact) mass is 484 g/mol. The quantitative estimate of drug-likeness (QED) is 0.300. The molecule has 0 heterocycles. The molecule has 1 N–H and O–H groups in total. The number of nitrogens with zero attached hydrogens (tertiary/aromatic N) is 1. The zero-order chi connectivity index (χ0) is 25.8. The highest BCUT2D eigenvalue weighted by Crippen LogP contribution is 2.18. The Balaban J connectivity index is 1.85. The lowest BCUT2D eigenvalue weighted by Gasteiger charge is -2.32. The van der Waals surface area contributed by atoms with Gasteiger partial charge < -0.3 is 10.2 Å². The largest absolute Gasteiger partial charge is 0.354 e. The third-order valence-electron chi connectivity index (χ3n) is 6.63. The van der Waals surface area contributed by atoms with Crippen LogP contribution in [-0.2, 0) is 35.4 Å². The van der Waals surface area contributed by atoms with Crippen molar-refractivity contribution >= 4 is 11.8 Å². The molecule has 1 atom stereocenters. The number of carbonyl (C=O) groups is 2. The third kappa shape index (κ3) is 8.37. The number of hydrogen-bond donors (Lipinski definition) is 1. The van der Waals surface area contributed by atoms with Crippen molar-refractivity contribution in [1.29, 1.82) is 0 Å². The first-order valence-corrected chi connectivity index (χ1v) is 13.2. The zero-order valence-electron chi connectivity index (χ0n) is 22.0. The molecule has 4 nitrogen and oxygen atoms in total. The second-order valence-electron chi connectivity index (χ2n) is 9.53. The van der Waals surface area contributed by atoms with Crippen LogP contribution in [0.3, 0.4) is 0 Å². The van der Waals surface area contributed by atoms with Gasteiger partial charge in [0.05, 0.1) is 0 Å². The van der Waals surface area contributed by atoms with Gasteiger partial charge in [0.1, 0.15) is 6.04 Å². The average molecular weight is 485 g/mol. The van der Waals surface area contributed by atoms with Crippen LogP contribution in [0.25, 0.3) is 0 Å². The summed E-state index contributed by atoms with van der Waals surface area (Å²) in [6, 6.07) is 26.1. The molecule has 0 bridgehead atoms. The van der Waals surface area contributed by atoms with Crippen molar-refractivity contribution in [3.63, 3.8) is 0 Å². The molecule has 0 aliphatic rings. The predicted molar refractivity (Wildman–Crippen MR) is 148 cm³/mol. The van der Waals surface area contributed by atoms with Gasteiger partial charge in [-0.3, -0.25) is 9.59 Å². The van der Waals surface area contributed by atoms with E-state index >= 15 is 0 Å². The maximum absolute atomic E-state index is 13.7. The van der Waals surface area contributed by atoms with Crippen LogP contribution in [0.1, 0.15) is 60.9 Å². The lowest BCUT2D eigenvalue weighted by molar-refractivity contribution is -0.141. The smallest absolute Gasteiger partial charge is 0.243 e. The normalized spacial score (nSPS) is 11.6. The summed E-state index contributed by atoms with van der Waals surface area (Å²) in [5.41, 5.74) is 5.68. The van der Waals surface area contributed by atoms with E-state index in [0.29, 0.717) is 32.4 Å². The van der Waals surface area contributed by atoms with E-state index in [1.165, 1.54) is 11.1 Å². The summed E-state index contributed by atoms with van der Waals surface area (Å²) in [5, 5.41) is 3.09. The minimum absolute atomic E-state index is 0.00159. The van der Waals surface area contributed by atoms with Crippen LogP contribution in [0, 0.1) is 6.92 Å². The number of benzene rings is 3. The maximum Gasteiger partial charge on any atom is 0.243 e. The Labute approximate surface area is 216 Å². The van der Waals surface area contributed by atoms with Gasteiger partial charge in [0.15, 0.2) is 0 Å². The summed E-state index contributed by atoms with van der Waals surface area (Å²) >= 11 is 0. The summed E-state index contributed by atoms with van der Waals surface area (Å²) in [6.45, 7) is 7.33. The lowest BCUT2D eigenvalue weighted by Crippen LogP contribution is -2.50. The fourth-order valence-corrected chi connectivity index (χ4v) is 4.29. The molecule has 3 aromatic carbocycles. The number of unbranched alkanes of at least 4 members (excludes halogenated alkanes) is 1. The van der Waals surface area contributed by atoms with Crippen LogP contribution in [0.5, 0.6) is 0 Å². The molecule has 36 heavy (non-hydrogen) atoms. The molecule has 0 saturated carbocycles. The van der Waals surface area contributed by atoms with Gasteiger partial charge in [-0.2, -0.15) is 0 Å². The molecule has 0 saturated heterocycles. The molecular weight excluding hydrogens is 444 g/mol. The van der Waals surface area contributed by atoms with Crippen molar-refractivity contribution in [3.05, 3.63) is 107 Å². The molecule has 0 aromatic heterocycles. The number of hydrogen-bond acceptors (Lipinski definition) is 2. The molecular formula is C32H40N2O2. The molecule has 190 valence electrons. The number of rotatable bonds is 13. The van der Waals surface area contributed by atoms with E-state index in [9.17, 15) is 9.59 Å². The molecule has 0 aliphatic carbocycles. The van der Waals surface area contributed by atoms with Crippen LogP contribution in [0.4, 0.5) is 0 Å². The van der Waals surface area contributed by atoms with E-state index < -0.39 is 6.04 Å². The van der Waals surface area contributed by atoms with Gasteiger partial charge in [-0.05, 0) is 48.4 Å². The van der Waals surface area contributed by atoms with E-state index in [-0.39, 0.29) is 11.8 Å². The molecule has 3 aromatic rings. The number of aryl methyl sites for hydroxylation is 3. The van der Waals surface area contributed by atoms with Gasteiger partial charge in [-0.15, -0.1) is 0 Å². The molecule has 0 spiro atoms. The Morgan fingerprint density at radius 2 is 1.44 bits per heavy atom. The predicted octanol–water partition coefficient (Wildman–Crippen LogP) is 6.05. The minimum Gasteiger partial charge on any atom is -0.354 e. The van der Waals surface area contributed by atoms with Crippen LogP contribution >= 0.6 is 0 Å². The second-order valence-corrected chi connectivity index (χ2v) is 9.53. The maximum atomic E-state index is 13.7. The second kappa shape index (κ2) is 14.2. The van der Waals surface area contributed by atoms with Crippen molar-refractivity contribution in [2.24, 2.45) is 0 Å². The summed E-state index contributed by atoms with van der Waals surface area (Å²) < 4.78 is 0. The summed E-state index contributed by atoms with van der Waals surface area (Å²) in [7, 11) is 0. The van der Waals surface area contributed by atoms with Gasteiger partial charge >= 0.3 is 0 Å². The summed E-state index contributed by atoms with van der Waals surface area (Å²) in [5.74, 6) is -0.0817. The molecule has 0 aliphatic heterocycles. The van der Waals surface area contributed by atoms with Crippen molar-refractivity contribution in [3.8, 4) is 0 Å². The first-order chi connectivity index (χ1) is 17.5. The fourth-order valence-electron chi connectivity index (χ4n) is 4.29. The number of amides is 2. The van der Waals surface area contributed by atoms with Crippen molar-refractivity contribution in [2.75, 3.05) is 6.54 Å². The van der Waals surface area contributed by atoms with E-state index in [2.05, 4.69) is 62.5 Å². The van der Waals surface area contributed by atoms with Crippen LogP contribution in [0.2, 0.25) is 0 Å². The van der Waals surface area contributed by atoms with Gasteiger partial charge in [-0.25, -0.2) is 0 Å². The molecule has 1 unspecified atom stereocenters. The number of carbonyl (C=O) groups excluding carboxylic acids is 2. The highest BCUT2D eigenvalue weighted by Gasteiger charge is 2.30. The Morgan fingerprint density at radius 1 is 0.806 bits per heavy atom. The molecule has 0 fully saturated rings. The molecule has 3 rings (SSSR count). The Kier molecular flexibility index (Phi) is 10.7. The first kappa shape index (κ1) is 27.2. The van der Waals surface area contributed by atoms with Gasteiger partial charge in [0.2, 0.25) is 11.8 Å². The average Bonchev–Trinajstić information content (AvgIpc) is 2.91. The highest BCUT2D eigenvalue weighted by molar-refractivity contribution is 5.88. The van der Waals surface area contributed by atoms with Gasteiger partial charge in [0, 0.05) is 25.9 Å². The zero-order valence-corrected chi connectivity index (χ0v) is 22.0. The van der Waals surface area contributed by atoms with Crippen molar-refractivity contribution in [2.45, 2.75) is 71.9 Å². The third-order valence-corrected chi connectivity index (χ3v) is 6.63. The van der Waals surface area contributed by atoms with E-state index in [0.717, 1.165) is 36.0 Å². The fraction of sp³-hybridized carbons (Fsp3) is 0.375. The first-order valence-electron chi connectivity index (χ1n) is 13.2. The van der Waals surface area contributed by atoms with Crippen molar-refractivity contribution < 1.29 is 9.59 Å². The van der Waals surface area contributed by atoms with Crippen LogP contribution in [0.15, 0.2) is 78.9 Å². The summed E-state index contributed by atoms with van der Waals surface area (Å²) in [4.78, 5) is 29.0.